The number of hydrogen-bond acceptors (Lipinski definition) is 2. The largest absolute Gasteiger partial charge is 0.292 e. The normalized spacial score (nSPS) is 23.5. The third kappa shape index (κ3) is 1.37. The molecule has 14 heavy (non-hydrogen) atoms. The number of aryl methyl sites for hydroxylation is 1. The highest BCUT2D eigenvalue weighted by Gasteiger charge is 2.51. The molecule has 0 amide bonds. The Morgan fingerprint density at radius 1 is 1.71 bits per heavy atom. The summed E-state index contributed by atoms with van der Waals surface area (Å²) in [7, 11) is 0. The number of ketones is 1. The van der Waals surface area contributed by atoms with E-state index in [1.807, 2.05) is 13.0 Å². The molecule has 3 nitrogen and oxygen atoms in total. The van der Waals surface area contributed by atoms with Crippen molar-refractivity contribution in [2.75, 3.05) is 0 Å². The molecule has 1 aromatic rings. The molecule has 0 N–H and O–H groups in total. The van der Waals surface area contributed by atoms with Gasteiger partial charge in [-0.1, -0.05) is 13.8 Å². The second-order valence-electron chi connectivity index (χ2n) is 4.64. The van der Waals surface area contributed by atoms with Gasteiger partial charge in [0.2, 0.25) is 0 Å². The SMILES string of the molecule is CCn1nccc1C(=O)C1CC1(C)C. The Bertz CT molecular complexity index is 365. The van der Waals surface area contributed by atoms with Crippen LogP contribution in [0.25, 0.3) is 0 Å². The van der Waals surface area contributed by atoms with Crippen molar-refractivity contribution >= 4 is 5.78 Å². The fourth-order valence-corrected chi connectivity index (χ4v) is 1.89. The first kappa shape index (κ1) is 9.44. The van der Waals surface area contributed by atoms with Crippen LogP contribution in [-0.2, 0) is 6.54 Å². The van der Waals surface area contributed by atoms with Crippen molar-refractivity contribution in [2.45, 2.75) is 33.7 Å². The minimum absolute atomic E-state index is 0.208. The van der Waals surface area contributed by atoms with Crippen LogP contribution in [0.5, 0.6) is 0 Å². The summed E-state index contributed by atoms with van der Waals surface area (Å²) in [6.07, 6.45) is 2.72. The molecule has 1 heterocycles. The van der Waals surface area contributed by atoms with E-state index < -0.39 is 0 Å². The Balaban J connectivity index is 2.20. The van der Waals surface area contributed by atoms with E-state index in [1.54, 1.807) is 10.9 Å². The molecule has 0 aliphatic heterocycles. The summed E-state index contributed by atoms with van der Waals surface area (Å²) in [5.74, 6) is 0.471. The zero-order chi connectivity index (χ0) is 10.3. The van der Waals surface area contributed by atoms with Crippen LogP contribution in [-0.4, -0.2) is 15.6 Å². The Kier molecular flexibility index (Phi) is 1.98. The van der Waals surface area contributed by atoms with Crippen molar-refractivity contribution in [3.63, 3.8) is 0 Å². The zero-order valence-corrected chi connectivity index (χ0v) is 8.95. The standard InChI is InChI=1S/C11H16N2O/c1-4-13-9(5-6-12-13)10(14)8-7-11(8,2)3/h5-6,8H,4,7H2,1-3H3. The van der Waals surface area contributed by atoms with Gasteiger partial charge in [-0.15, -0.1) is 0 Å². The summed E-state index contributed by atoms with van der Waals surface area (Å²) in [6.45, 7) is 7.05. The highest BCUT2D eigenvalue weighted by molar-refractivity contribution is 5.98. The molecule has 1 aliphatic carbocycles. The zero-order valence-electron chi connectivity index (χ0n) is 8.95. The van der Waals surface area contributed by atoms with Crippen LogP contribution >= 0.6 is 0 Å². The monoisotopic (exact) mass is 192 g/mol. The van der Waals surface area contributed by atoms with Gasteiger partial charge in [0, 0.05) is 18.7 Å². The first-order chi connectivity index (χ1) is 6.56. The highest BCUT2D eigenvalue weighted by Crippen LogP contribution is 2.53. The Morgan fingerprint density at radius 2 is 2.36 bits per heavy atom. The van der Waals surface area contributed by atoms with Gasteiger partial charge >= 0.3 is 0 Å². The number of nitrogens with zero attached hydrogens (tertiary/aromatic N) is 2. The number of hydrogen-bond donors (Lipinski definition) is 0. The van der Waals surface area contributed by atoms with Gasteiger partial charge in [-0.2, -0.15) is 5.10 Å². The van der Waals surface area contributed by atoms with E-state index in [4.69, 9.17) is 0 Å². The van der Waals surface area contributed by atoms with E-state index >= 15 is 0 Å². The fourth-order valence-electron chi connectivity index (χ4n) is 1.89. The second-order valence-corrected chi connectivity index (χ2v) is 4.64. The van der Waals surface area contributed by atoms with Crippen LogP contribution in [0.4, 0.5) is 0 Å². The molecule has 76 valence electrons. The fraction of sp³-hybridized carbons (Fsp3) is 0.636. The van der Waals surface area contributed by atoms with Crippen LogP contribution in [0.3, 0.4) is 0 Å². The Morgan fingerprint density at radius 3 is 2.86 bits per heavy atom. The summed E-state index contributed by atoms with van der Waals surface area (Å²) in [5.41, 5.74) is 0.975. The molecule has 0 saturated heterocycles. The average molecular weight is 192 g/mol. The molecule has 2 rings (SSSR count). The van der Waals surface area contributed by atoms with E-state index in [-0.39, 0.29) is 17.1 Å². The molecule has 0 radical (unpaired) electrons. The summed E-state index contributed by atoms with van der Waals surface area (Å²) in [5, 5.41) is 4.11. The molecular weight excluding hydrogens is 176 g/mol. The quantitative estimate of drug-likeness (QED) is 0.688. The minimum atomic E-state index is 0.208. The van der Waals surface area contributed by atoms with Gasteiger partial charge in [0.15, 0.2) is 5.78 Å². The summed E-state index contributed by atoms with van der Waals surface area (Å²) < 4.78 is 1.77. The molecule has 1 aliphatic rings. The molecule has 3 heteroatoms. The first-order valence-corrected chi connectivity index (χ1v) is 5.12. The Labute approximate surface area is 84.1 Å². The molecular formula is C11H16N2O. The van der Waals surface area contributed by atoms with Gasteiger partial charge in [-0.05, 0) is 24.8 Å². The van der Waals surface area contributed by atoms with Crippen LogP contribution in [0.15, 0.2) is 12.3 Å². The van der Waals surface area contributed by atoms with Gasteiger partial charge in [0.1, 0.15) is 5.69 Å². The van der Waals surface area contributed by atoms with E-state index in [2.05, 4.69) is 18.9 Å². The van der Waals surface area contributed by atoms with Crippen molar-refractivity contribution < 1.29 is 4.79 Å². The number of carbonyl (C=O) groups is 1. The number of carbonyl (C=O) groups excluding carboxylic acids is 1. The smallest absolute Gasteiger partial charge is 0.184 e. The molecule has 0 spiro atoms. The van der Waals surface area contributed by atoms with Crippen LogP contribution < -0.4 is 0 Å². The summed E-state index contributed by atoms with van der Waals surface area (Å²) in [4.78, 5) is 12.0. The van der Waals surface area contributed by atoms with E-state index in [1.165, 1.54) is 0 Å². The lowest BCUT2D eigenvalue weighted by Crippen LogP contribution is -2.13. The molecule has 0 bridgehead atoms. The van der Waals surface area contributed by atoms with E-state index in [0.29, 0.717) is 0 Å². The second kappa shape index (κ2) is 2.94. The Hall–Kier alpha value is -1.12. The van der Waals surface area contributed by atoms with Gasteiger partial charge in [-0.25, -0.2) is 0 Å². The third-order valence-corrected chi connectivity index (χ3v) is 3.10. The van der Waals surface area contributed by atoms with Crippen molar-refractivity contribution in [1.29, 1.82) is 0 Å². The van der Waals surface area contributed by atoms with Gasteiger partial charge in [0.25, 0.3) is 0 Å². The maximum absolute atomic E-state index is 12.0. The van der Waals surface area contributed by atoms with Crippen LogP contribution in [0.1, 0.15) is 37.7 Å². The van der Waals surface area contributed by atoms with Crippen LogP contribution in [0.2, 0.25) is 0 Å². The minimum Gasteiger partial charge on any atom is -0.292 e. The lowest BCUT2D eigenvalue weighted by atomic mass is 10.1. The lowest BCUT2D eigenvalue weighted by Gasteiger charge is -2.04. The van der Waals surface area contributed by atoms with E-state index in [9.17, 15) is 4.79 Å². The summed E-state index contributed by atoms with van der Waals surface area (Å²) >= 11 is 0. The molecule has 1 fully saturated rings. The molecule has 1 unspecified atom stereocenters. The number of Topliss-reactive ketones (excluding diaryl/α,β-unsaturated/α-hetero) is 1. The van der Waals surface area contributed by atoms with Crippen molar-refractivity contribution in [2.24, 2.45) is 11.3 Å². The maximum atomic E-state index is 12.0. The van der Waals surface area contributed by atoms with Crippen molar-refractivity contribution in [3.05, 3.63) is 18.0 Å². The predicted octanol–water partition coefficient (Wildman–Crippen LogP) is 2.13. The van der Waals surface area contributed by atoms with Crippen molar-refractivity contribution in [1.82, 2.24) is 9.78 Å². The first-order valence-electron chi connectivity index (χ1n) is 5.12. The van der Waals surface area contributed by atoms with Crippen molar-refractivity contribution in [3.8, 4) is 0 Å². The molecule has 0 aromatic carbocycles. The number of rotatable bonds is 3. The van der Waals surface area contributed by atoms with Crippen LogP contribution in [0, 0.1) is 11.3 Å². The maximum Gasteiger partial charge on any atom is 0.184 e. The van der Waals surface area contributed by atoms with E-state index in [0.717, 1.165) is 18.7 Å². The lowest BCUT2D eigenvalue weighted by molar-refractivity contribution is 0.0942. The third-order valence-electron chi connectivity index (χ3n) is 3.10. The van der Waals surface area contributed by atoms with Gasteiger partial charge in [-0.3, -0.25) is 9.48 Å². The predicted molar refractivity (Wildman–Crippen MR) is 54.1 cm³/mol. The van der Waals surface area contributed by atoms with Gasteiger partial charge in [0.05, 0.1) is 0 Å². The molecule has 1 atom stereocenters. The van der Waals surface area contributed by atoms with Gasteiger partial charge < -0.3 is 0 Å². The molecule has 1 aromatic heterocycles. The average Bonchev–Trinajstić information content (AvgIpc) is 2.64. The topological polar surface area (TPSA) is 34.9 Å². The number of aromatic nitrogens is 2. The highest BCUT2D eigenvalue weighted by atomic mass is 16.1. The molecule has 1 saturated carbocycles. The summed E-state index contributed by atoms with van der Waals surface area (Å²) in [6, 6.07) is 1.82.